The zero-order valence-corrected chi connectivity index (χ0v) is 7.07. The van der Waals surface area contributed by atoms with E-state index in [1.807, 2.05) is 0 Å². The van der Waals surface area contributed by atoms with E-state index in [4.69, 9.17) is 0 Å². The number of hydrogen-bond acceptors (Lipinski definition) is 4. The number of aromatic nitrogens is 3. The molecule has 0 aliphatic heterocycles. The van der Waals surface area contributed by atoms with Crippen molar-refractivity contribution in [3.63, 3.8) is 0 Å². The second kappa shape index (κ2) is 2.49. The lowest BCUT2D eigenvalue weighted by atomic mass is 10.6. The number of rotatable bonds is 1. The summed E-state index contributed by atoms with van der Waals surface area (Å²) in [5.74, 6) is 0. The molecule has 0 amide bonds. The van der Waals surface area contributed by atoms with Crippen molar-refractivity contribution < 1.29 is 12.3 Å². The van der Waals surface area contributed by atoms with Crippen LogP contribution in [0.4, 0.5) is 3.89 Å². The average molecular weight is 201 g/mol. The van der Waals surface area contributed by atoms with Crippen molar-refractivity contribution >= 4 is 15.9 Å². The van der Waals surface area contributed by atoms with Crippen LogP contribution in [-0.4, -0.2) is 23.0 Å². The van der Waals surface area contributed by atoms with Gasteiger partial charge in [-0.2, -0.15) is 13.5 Å². The Hall–Kier alpha value is -1.50. The molecule has 2 aromatic heterocycles. The topological polar surface area (TPSA) is 64.3 Å². The molecule has 2 aromatic rings. The van der Waals surface area contributed by atoms with Crippen LogP contribution in [0.3, 0.4) is 0 Å². The van der Waals surface area contributed by atoms with Crippen molar-refractivity contribution in [2.75, 3.05) is 0 Å². The van der Waals surface area contributed by atoms with Crippen LogP contribution < -0.4 is 0 Å². The van der Waals surface area contributed by atoms with Gasteiger partial charge in [-0.15, -0.1) is 3.89 Å². The van der Waals surface area contributed by atoms with E-state index in [0.29, 0.717) is 0 Å². The Morgan fingerprint density at radius 1 is 1.46 bits per heavy atom. The van der Waals surface area contributed by atoms with Crippen LogP contribution in [0.15, 0.2) is 29.6 Å². The summed E-state index contributed by atoms with van der Waals surface area (Å²) in [7, 11) is -4.73. The minimum atomic E-state index is -4.73. The smallest absolute Gasteiger partial charge is 0.236 e. The van der Waals surface area contributed by atoms with Gasteiger partial charge in [0.05, 0.1) is 6.20 Å². The standard InChI is InChI=1S/C6H4FN3O2S/c7-13(11,12)5-4-9-10-3-1-2-8-6(5)10/h1-4H. The van der Waals surface area contributed by atoms with E-state index < -0.39 is 15.1 Å². The molecule has 0 atom stereocenters. The first-order valence-electron chi connectivity index (χ1n) is 3.32. The first-order valence-corrected chi connectivity index (χ1v) is 4.70. The van der Waals surface area contributed by atoms with E-state index in [2.05, 4.69) is 10.1 Å². The number of nitrogens with zero attached hydrogens (tertiary/aromatic N) is 3. The van der Waals surface area contributed by atoms with Crippen molar-refractivity contribution in [1.29, 1.82) is 0 Å². The molecular weight excluding hydrogens is 197 g/mol. The van der Waals surface area contributed by atoms with Gasteiger partial charge < -0.3 is 0 Å². The maximum Gasteiger partial charge on any atom is 0.337 e. The molecule has 5 nitrogen and oxygen atoms in total. The van der Waals surface area contributed by atoms with E-state index >= 15 is 0 Å². The Labute approximate surface area is 73.0 Å². The van der Waals surface area contributed by atoms with Crippen LogP contribution in [0, 0.1) is 0 Å². The van der Waals surface area contributed by atoms with Crippen LogP contribution in [0.2, 0.25) is 0 Å². The summed E-state index contributed by atoms with van der Waals surface area (Å²) in [6.07, 6.45) is 3.78. The van der Waals surface area contributed by atoms with Gasteiger partial charge in [-0.3, -0.25) is 0 Å². The minimum Gasteiger partial charge on any atom is -0.236 e. The van der Waals surface area contributed by atoms with Gasteiger partial charge in [0.25, 0.3) is 0 Å². The van der Waals surface area contributed by atoms with Crippen LogP contribution in [-0.2, 0) is 10.2 Å². The van der Waals surface area contributed by atoms with Crippen LogP contribution in [0.1, 0.15) is 0 Å². The van der Waals surface area contributed by atoms with E-state index in [1.54, 1.807) is 6.07 Å². The van der Waals surface area contributed by atoms with E-state index in [0.717, 1.165) is 6.20 Å². The first-order chi connectivity index (χ1) is 6.09. The number of hydrogen-bond donors (Lipinski definition) is 0. The summed E-state index contributed by atoms with van der Waals surface area (Å²) in [5, 5.41) is 3.62. The van der Waals surface area contributed by atoms with Crippen molar-refractivity contribution in [3.05, 3.63) is 24.7 Å². The molecule has 2 rings (SSSR count). The fourth-order valence-corrected chi connectivity index (χ4v) is 1.51. The van der Waals surface area contributed by atoms with Gasteiger partial charge in [-0.25, -0.2) is 9.50 Å². The fraction of sp³-hybridized carbons (Fsp3) is 0. The Morgan fingerprint density at radius 3 is 2.92 bits per heavy atom. The molecule has 2 heterocycles. The van der Waals surface area contributed by atoms with E-state index in [1.165, 1.54) is 16.9 Å². The van der Waals surface area contributed by atoms with Crippen LogP contribution in [0.25, 0.3) is 5.65 Å². The molecule has 0 fully saturated rings. The van der Waals surface area contributed by atoms with Gasteiger partial charge in [0.1, 0.15) is 0 Å². The maximum absolute atomic E-state index is 12.6. The lowest BCUT2D eigenvalue weighted by Gasteiger charge is -1.90. The molecule has 0 aliphatic rings. The van der Waals surface area contributed by atoms with Gasteiger partial charge in [0, 0.05) is 12.4 Å². The van der Waals surface area contributed by atoms with Crippen molar-refractivity contribution in [1.82, 2.24) is 14.6 Å². The fourth-order valence-electron chi connectivity index (χ4n) is 0.977. The summed E-state index contributed by atoms with van der Waals surface area (Å²) in [6.45, 7) is 0. The molecule has 68 valence electrons. The third-order valence-electron chi connectivity index (χ3n) is 1.51. The van der Waals surface area contributed by atoms with Crippen LogP contribution >= 0.6 is 0 Å². The largest absolute Gasteiger partial charge is 0.337 e. The quantitative estimate of drug-likeness (QED) is 0.626. The molecule has 0 N–H and O–H groups in total. The number of halogens is 1. The number of fused-ring (bicyclic) bond motifs is 1. The Kier molecular flexibility index (Phi) is 1.56. The molecule has 0 unspecified atom stereocenters. The van der Waals surface area contributed by atoms with E-state index in [-0.39, 0.29) is 5.65 Å². The molecular formula is C6H4FN3O2S. The predicted molar refractivity (Wildman–Crippen MR) is 41.3 cm³/mol. The normalized spacial score (nSPS) is 12.1. The minimum absolute atomic E-state index is 0.00926. The highest BCUT2D eigenvalue weighted by atomic mass is 32.3. The van der Waals surface area contributed by atoms with Crippen molar-refractivity contribution in [2.24, 2.45) is 0 Å². The second-order valence-electron chi connectivity index (χ2n) is 2.33. The molecule has 0 radical (unpaired) electrons. The van der Waals surface area contributed by atoms with Crippen LogP contribution in [0.5, 0.6) is 0 Å². The molecule has 7 heteroatoms. The highest BCUT2D eigenvalue weighted by Gasteiger charge is 2.18. The summed E-state index contributed by atoms with van der Waals surface area (Å²) in [5.41, 5.74) is -0.00926. The first kappa shape index (κ1) is 8.11. The molecule has 0 saturated carbocycles. The second-order valence-corrected chi connectivity index (χ2v) is 3.65. The molecule has 0 saturated heterocycles. The molecule has 0 spiro atoms. The molecule has 0 bridgehead atoms. The average Bonchev–Trinajstić information content (AvgIpc) is 2.45. The lowest BCUT2D eigenvalue weighted by Crippen LogP contribution is -1.93. The zero-order valence-electron chi connectivity index (χ0n) is 6.25. The van der Waals surface area contributed by atoms with Gasteiger partial charge in [0.2, 0.25) is 0 Å². The summed E-state index contributed by atoms with van der Waals surface area (Å²) < 4.78 is 34.8. The third-order valence-corrected chi connectivity index (χ3v) is 2.32. The molecule has 0 aromatic carbocycles. The van der Waals surface area contributed by atoms with Gasteiger partial charge in [0.15, 0.2) is 10.5 Å². The SMILES string of the molecule is O=S(=O)(F)c1cnn2cccnc12. The van der Waals surface area contributed by atoms with Gasteiger partial charge >= 0.3 is 10.2 Å². The van der Waals surface area contributed by atoms with Crippen molar-refractivity contribution in [3.8, 4) is 0 Å². The summed E-state index contributed by atoms with van der Waals surface area (Å²) >= 11 is 0. The summed E-state index contributed by atoms with van der Waals surface area (Å²) in [4.78, 5) is 3.18. The van der Waals surface area contributed by atoms with Crippen molar-refractivity contribution in [2.45, 2.75) is 4.90 Å². The highest BCUT2D eigenvalue weighted by molar-refractivity contribution is 7.86. The third kappa shape index (κ3) is 1.26. The maximum atomic E-state index is 12.6. The highest BCUT2D eigenvalue weighted by Crippen LogP contribution is 2.15. The zero-order chi connectivity index (χ0) is 9.47. The molecule has 0 aliphatic carbocycles. The predicted octanol–water partition coefficient (Wildman–Crippen LogP) is 0.387. The lowest BCUT2D eigenvalue weighted by molar-refractivity contribution is 0.553. The van der Waals surface area contributed by atoms with Gasteiger partial charge in [-0.05, 0) is 6.07 Å². The monoisotopic (exact) mass is 201 g/mol. The Morgan fingerprint density at radius 2 is 2.23 bits per heavy atom. The summed E-state index contributed by atoms with van der Waals surface area (Å²) in [6, 6.07) is 1.56. The Bertz CT molecular complexity index is 548. The van der Waals surface area contributed by atoms with Gasteiger partial charge in [-0.1, -0.05) is 0 Å². The Balaban J connectivity index is 2.87. The molecule has 13 heavy (non-hydrogen) atoms. The van der Waals surface area contributed by atoms with E-state index in [9.17, 15) is 12.3 Å².